The first-order valence-electron chi connectivity index (χ1n) is 7.83. The minimum atomic E-state index is -0.744. The Labute approximate surface area is 125 Å². The Kier molecular flexibility index (Phi) is 4.27. The lowest BCUT2D eigenvalue weighted by molar-refractivity contribution is -0.143. The number of carboxylic acids is 1. The van der Waals surface area contributed by atoms with Gasteiger partial charge in [0.2, 0.25) is 0 Å². The molecule has 4 nitrogen and oxygen atoms in total. The molecule has 0 bridgehead atoms. The molecule has 1 aromatic rings. The molecule has 1 saturated carbocycles. The number of rotatable bonds is 6. The van der Waals surface area contributed by atoms with Gasteiger partial charge in [-0.1, -0.05) is 31.2 Å². The highest BCUT2D eigenvalue weighted by atomic mass is 16.5. The van der Waals surface area contributed by atoms with Crippen LogP contribution >= 0.6 is 0 Å². The lowest BCUT2D eigenvalue weighted by Gasteiger charge is -2.30. The zero-order valence-corrected chi connectivity index (χ0v) is 12.5. The third-order valence-electron chi connectivity index (χ3n) is 4.69. The highest BCUT2D eigenvalue weighted by molar-refractivity contribution is 5.71. The van der Waals surface area contributed by atoms with E-state index >= 15 is 0 Å². The fourth-order valence-electron chi connectivity index (χ4n) is 3.29. The second kappa shape index (κ2) is 6.16. The molecular formula is C17H23NO3. The van der Waals surface area contributed by atoms with E-state index in [1.165, 1.54) is 24.0 Å². The highest BCUT2D eigenvalue weighted by Gasteiger charge is 2.38. The van der Waals surface area contributed by atoms with Crippen molar-refractivity contribution in [3.63, 3.8) is 0 Å². The van der Waals surface area contributed by atoms with E-state index in [0.717, 1.165) is 19.0 Å². The zero-order chi connectivity index (χ0) is 14.8. The van der Waals surface area contributed by atoms with Crippen molar-refractivity contribution in [1.29, 1.82) is 0 Å². The van der Waals surface area contributed by atoms with Gasteiger partial charge in [0, 0.05) is 12.6 Å². The van der Waals surface area contributed by atoms with E-state index in [0.29, 0.717) is 13.2 Å². The van der Waals surface area contributed by atoms with Gasteiger partial charge in [-0.3, -0.25) is 9.69 Å². The molecule has 2 fully saturated rings. The standard InChI is InChI=1S/C17H23NO3/c1-2-18(16-11-21-10-15(16)17(19)20)9-13-5-3-4-6-14(13)12-7-8-12/h3-6,12,15-16H,2,7-11H2,1H3,(H,19,20). The van der Waals surface area contributed by atoms with E-state index in [-0.39, 0.29) is 6.04 Å². The fraction of sp³-hybridized carbons (Fsp3) is 0.588. The molecule has 2 unspecified atom stereocenters. The summed E-state index contributed by atoms with van der Waals surface area (Å²) >= 11 is 0. The highest BCUT2D eigenvalue weighted by Crippen LogP contribution is 2.42. The Balaban J connectivity index is 1.77. The first kappa shape index (κ1) is 14.5. The zero-order valence-electron chi connectivity index (χ0n) is 12.5. The summed E-state index contributed by atoms with van der Waals surface area (Å²) in [6.45, 7) is 4.62. The van der Waals surface area contributed by atoms with Crippen molar-refractivity contribution in [2.24, 2.45) is 5.92 Å². The van der Waals surface area contributed by atoms with Crippen LogP contribution in [0.1, 0.15) is 36.8 Å². The molecule has 1 saturated heterocycles. The number of nitrogens with zero attached hydrogens (tertiary/aromatic N) is 1. The molecule has 1 aliphatic heterocycles. The van der Waals surface area contributed by atoms with Gasteiger partial charge in [-0.15, -0.1) is 0 Å². The topological polar surface area (TPSA) is 49.8 Å². The minimum absolute atomic E-state index is 0.0141. The summed E-state index contributed by atoms with van der Waals surface area (Å²) in [5, 5.41) is 9.34. The smallest absolute Gasteiger partial charge is 0.310 e. The normalized spacial score (nSPS) is 25.4. The molecule has 0 amide bonds. The van der Waals surface area contributed by atoms with Gasteiger partial charge in [-0.05, 0) is 36.4 Å². The lowest BCUT2D eigenvalue weighted by Crippen LogP contribution is -2.42. The summed E-state index contributed by atoms with van der Waals surface area (Å²) in [7, 11) is 0. The Morgan fingerprint density at radius 2 is 2.10 bits per heavy atom. The molecule has 1 N–H and O–H groups in total. The van der Waals surface area contributed by atoms with E-state index in [9.17, 15) is 9.90 Å². The SMILES string of the molecule is CCN(Cc1ccccc1C1CC1)C1COCC1C(=O)O. The monoisotopic (exact) mass is 289 g/mol. The second-order valence-corrected chi connectivity index (χ2v) is 6.09. The van der Waals surface area contributed by atoms with Gasteiger partial charge in [0.1, 0.15) is 0 Å². The van der Waals surface area contributed by atoms with Crippen molar-refractivity contribution >= 4 is 5.97 Å². The maximum Gasteiger partial charge on any atom is 0.310 e. The van der Waals surface area contributed by atoms with Crippen LogP contribution < -0.4 is 0 Å². The first-order valence-corrected chi connectivity index (χ1v) is 7.83. The predicted octanol–water partition coefficient (Wildman–Crippen LogP) is 2.49. The van der Waals surface area contributed by atoms with Crippen molar-refractivity contribution in [2.75, 3.05) is 19.8 Å². The average Bonchev–Trinajstić information content (AvgIpc) is 3.21. The number of hydrogen-bond acceptors (Lipinski definition) is 3. The molecule has 1 aromatic carbocycles. The van der Waals surface area contributed by atoms with Gasteiger partial charge >= 0.3 is 5.97 Å². The van der Waals surface area contributed by atoms with E-state index in [2.05, 4.69) is 36.1 Å². The number of ether oxygens (including phenoxy) is 1. The molecule has 114 valence electrons. The molecule has 1 heterocycles. The van der Waals surface area contributed by atoms with E-state index < -0.39 is 11.9 Å². The Morgan fingerprint density at radius 1 is 1.33 bits per heavy atom. The van der Waals surface area contributed by atoms with Gasteiger partial charge in [-0.25, -0.2) is 0 Å². The summed E-state index contributed by atoms with van der Waals surface area (Å²) in [5.74, 6) is -0.431. The summed E-state index contributed by atoms with van der Waals surface area (Å²) in [6, 6.07) is 8.57. The lowest BCUT2D eigenvalue weighted by atomic mass is 9.99. The van der Waals surface area contributed by atoms with Crippen molar-refractivity contribution in [2.45, 2.75) is 38.3 Å². The number of hydrogen-bond donors (Lipinski definition) is 1. The molecule has 3 rings (SSSR count). The van der Waals surface area contributed by atoms with Crippen molar-refractivity contribution in [3.05, 3.63) is 35.4 Å². The van der Waals surface area contributed by atoms with Gasteiger partial charge in [0.15, 0.2) is 0 Å². The quantitative estimate of drug-likeness (QED) is 0.874. The van der Waals surface area contributed by atoms with Crippen LogP contribution in [0.5, 0.6) is 0 Å². The van der Waals surface area contributed by atoms with Crippen LogP contribution in [0.25, 0.3) is 0 Å². The Bertz CT molecular complexity index is 513. The first-order chi connectivity index (χ1) is 10.2. The number of likely N-dealkylation sites (N-methyl/N-ethyl adjacent to an activating group) is 1. The number of benzene rings is 1. The van der Waals surface area contributed by atoms with Gasteiger partial charge in [-0.2, -0.15) is 0 Å². The van der Waals surface area contributed by atoms with E-state index in [4.69, 9.17) is 4.74 Å². The maximum absolute atomic E-state index is 11.4. The van der Waals surface area contributed by atoms with Crippen LogP contribution in [-0.2, 0) is 16.1 Å². The van der Waals surface area contributed by atoms with Crippen molar-refractivity contribution in [1.82, 2.24) is 4.90 Å². The summed E-state index contributed by atoms with van der Waals surface area (Å²) in [6.07, 6.45) is 2.57. The molecule has 2 aliphatic rings. The summed E-state index contributed by atoms with van der Waals surface area (Å²) in [4.78, 5) is 13.6. The van der Waals surface area contributed by atoms with E-state index in [1.54, 1.807) is 0 Å². The molecule has 2 atom stereocenters. The van der Waals surface area contributed by atoms with E-state index in [1.807, 2.05) is 0 Å². The number of carbonyl (C=O) groups is 1. The average molecular weight is 289 g/mol. The number of aliphatic carboxylic acids is 1. The third kappa shape index (κ3) is 3.11. The molecule has 1 aliphatic carbocycles. The third-order valence-corrected chi connectivity index (χ3v) is 4.69. The maximum atomic E-state index is 11.4. The van der Waals surface area contributed by atoms with Crippen LogP contribution in [0.3, 0.4) is 0 Å². The predicted molar refractivity (Wildman–Crippen MR) is 80.2 cm³/mol. The fourth-order valence-corrected chi connectivity index (χ4v) is 3.29. The molecule has 0 radical (unpaired) electrons. The second-order valence-electron chi connectivity index (χ2n) is 6.09. The summed E-state index contributed by atoms with van der Waals surface area (Å²) < 4.78 is 5.42. The Morgan fingerprint density at radius 3 is 2.76 bits per heavy atom. The van der Waals surface area contributed by atoms with Crippen LogP contribution in [0.15, 0.2) is 24.3 Å². The van der Waals surface area contributed by atoms with Gasteiger partial charge in [0.05, 0.1) is 19.1 Å². The minimum Gasteiger partial charge on any atom is -0.481 e. The van der Waals surface area contributed by atoms with Crippen LogP contribution in [0, 0.1) is 5.92 Å². The molecule has 4 heteroatoms. The molecule has 0 aromatic heterocycles. The number of carboxylic acid groups (broad SMARTS) is 1. The van der Waals surface area contributed by atoms with Crippen LogP contribution in [0.4, 0.5) is 0 Å². The molecule has 21 heavy (non-hydrogen) atoms. The van der Waals surface area contributed by atoms with Crippen molar-refractivity contribution in [3.8, 4) is 0 Å². The van der Waals surface area contributed by atoms with Gasteiger partial charge in [0.25, 0.3) is 0 Å². The summed E-state index contributed by atoms with van der Waals surface area (Å²) in [5.41, 5.74) is 2.79. The Hall–Kier alpha value is -1.39. The molecular weight excluding hydrogens is 266 g/mol. The van der Waals surface area contributed by atoms with Gasteiger partial charge < -0.3 is 9.84 Å². The molecule has 0 spiro atoms. The van der Waals surface area contributed by atoms with Crippen LogP contribution in [0.2, 0.25) is 0 Å². The van der Waals surface area contributed by atoms with Crippen LogP contribution in [-0.4, -0.2) is 41.8 Å². The largest absolute Gasteiger partial charge is 0.481 e. The van der Waals surface area contributed by atoms with Crippen molar-refractivity contribution < 1.29 is 14.6 Å².